The summed E-state index contributed by atoms with van der Waals surface area (Å²) >= 11 is 11.5. The highest BCUT2D eigenvalue weighted by atomic mass is 35.5. The van der Waals surface area contributed by atoms with Crippen molar-refractivity contribution in [1.82, 2.24) is 5.32 Å². The number of benzene rings is 1. The Morgan fingerprint density at radius 2 is 1.79 bits per heavy atom. The number of hydrogen-bond donors (Lipinski definition) is 4. The summed E-state index contributed by atoms with van der Waals surface area (Å²) in [6.45, 7) is -0.347. The minimum atomic E-state index is -1.23. The van der Waals surface area contributed by atoms with E-state index in [1.165, 1.54) is 18.2 Å². The fourth-order valence-electron chi connectivity index (χ4n) is 1.34. The maximum absolute atomic E-state index is 11.6. The lowest BCUT2D eigenvalue weighted by atomic mass is 10.2. The van der Waals surface area contributed by atoms with E-state index in [4.69, 9.17) is 33.4 Å². The Hall–Kier alpha value is -1.50. The molecule has 1 aromatic rings. The molecule has 104 valence electrons. The second-order valence-electron chi connectivity index (χ2n) is 3.66. The first-order chi connectivity index (χ1) is 8.92. The molecule has 0 spiro atoms. The minimum absolute atomic E-state index is 0.0843. The normalized spacial score (nSPS) is 11.7. The number of carboxylic acids is 1. The van der Waals surface area contributed by atoms with E-state index in [1.807, 2.05) is 0 Å². The molecular weight excluding hydrogens is 295 g/mol. The van der Waals surface area contributed by atoms with Crippen molar-refractivity contribution in [3.05, 3.63) is 28.2 Å². The van der Waals surface area contributed by atoms with Crippen LogP contribution in [0.5, 0.6) is 0 Å². The van der Waals surface area contributed by atoms with Crippen molar-refractivity contribution in [2.45, 2.75) is 12.5 Å². The smallest absolute Gasteiger partial charge is 0.326 e. The van der Waals surface area contributed by atoms with Crippen molar-refractivity contribution in [3.63, 3.8) is 0 Å². The third-order valence-corrected chi connectivity index (χ3v) is 2.58. The van der Waals surface area contributed by atoms with E-state index in [0.29, 0.717) is 15.7 Å². The molecule has 19 heavy (non-hydrogen) atoms. The molecular formula is C11H12Cl2N2O4. The number of carboxylic acid groups (broad SMARTS) is 1. The molecule has 4 N–H and O–H groups in total. The van der Waals surface area contributed by atoms with Crippen molar-refractivity contribution in [2.75, 3.05) is 11.9 Å². The Balaban J connectivity index is 2.66. The van der Waals surface area contributed by atoms with Gasteiger partial charge in [-0.15, -0.1) is 0 Å². The van der Waals surface area contributed by atoms with Crippen molar-refractivity contribution in [3.8, 4) is 0 Å². The number of nitrogens with one attached hydrogen (secondary N) is 2. The molecule has 0 saturated carbocycles. The van der Waals surface area contributed by atoms with Crippen LogP contribution in [0.25, 0.3) is 0 Å². The zero-order valence-electron chi connectivity index (χ0n) is 9.69. The van der Waals surface area contributed by atoms with Gasteiger partial charge in [0.25, 0.3) is 0 Å². The topological polar surface area (TPSA) is 98.7 Å². The van der Waals surface area contributed by atoms with Crippen LogP contribution in [0.3, 0.4) is 0 Å². The lowest BCUT2D eigenvalue weighted by molar-refractivity contribution is -0.139. The van der Waals surface area contributed by atoms with Crippen LogP contribution in [-0.4, -0.2) is 34.9 Å². The maximum atomic E-state index is 11.6. The van der Waals surface area contributed by atoms with Crippen molar-refractivity contribution in [2.24, 2.45) is 0 Å². The Morgan fingerprint density at radius 3 is 2.26 bits per heavy atom. The predicted molar refractivity (Wildman–Crippen MR) is 71.7 cm³/mol. The summed E-state index contributed by atoms with van der Waals surface area (Å²) in [6, 6.07) is 2.54. The van der Waals surface area contributed by atoms with Gasteiger partial charge in [0.05, 0.1) is 0 Å². The van der Waals surface area contributed by atoms with Gasteiger partial charge in [0.2, 0.25) is 0 Å². The van der Waals surface area contributed by atoms with Crippen molar-refractivity contribution in [1.29, 1.82) is 0 Å². The number of anilines is 1. The lowest BCUT2D eigenvalue weighted by Gasteiger charge is -2.14. The van der Waals surface area contributed by atoms with Gasteiger partial charge >= 0.3 is 12.0 Å². The number of hydrogen-bond acceptors (Lipinski definition) is 3. The number of urea groups is 1. The molecule has 8 heteroatoms. The quantitative estimate of drug-likeness (QED) is 0.668. The molecule has 0 heterocycles. The third kappa shape index (κ3) is 5.34. The molecule has 0 fully saturated rings. The van der Waals surface area contributed by atoms with Crippen LogP contribution in [0, 0.1) is 0 Å². The molecule has 0 aliphatic heterocycles. The summed E-state index contributed by atoms with van der Waals surface area (Å²) in [4.78, 5) is 22.4. The minimum Gasteiger partial charge on any atom is -0.480 e. The number of rotatable bonds is 5. The Morgan fingerprint density at radius 1 is 1.21 bits per heavy atom. The van der Waals surface area contributed by atoms with Crippen LogP contribution >= 0.6 is 23.2 Å². The van der Waals surface area contributed by atoms with Gasteiger partial charge in [0, 0.05) is 28.8 Å². The standard InChI is InChI=1S/C11H12Cl2N2O4/c12-6-3-7(13)5-8(4-6)14-11(19)15-9(1-2-16)10(17)18/h3-5,9,16H,1-2H2,(H,17,18)(H2,14,15,19). The molecule has 2 amide bonds. The van der Waals surface area contributed by atoms with E-state index in [-0.39, 0.29) is 13.0 Å². The summed E-state index contributed by atoms with van der Waals surface area (Å²) in [7, 11) is 0. The highest BCUT2D eigenvalue weighted by Crippen LogP contribution is 2.22. The molecule has 0 bridgehead atoms. The molecule has 0 aliphatic carbocycles. The van der Waals surface area contributed by atoms with E-state index in [1.54, 1.807) is 0 Å². The Bertz CT molecular complexity index is 462. The van der Waals surface area contributed by atoms with Crippen LogP contribution in [0.4, 0.5) is 10.5 Å². The number of aliphatic carboxylic acids is 1. The van der Waals surface area contributed by atoms with Crippen molar-refractivity contribution >= 4 is 40.9 Å². The summed E-state index contributed by atoms with van der Waals surface area (Å²) in [6.07, 6.45) is -0.0843. The van der Waals surface area contributed by atoms with Gasteiger partial charge in [-0.25, -0.2) is 9.59 Å². The van der Waals surface area contributed by atoms with E-state index in [2.05, 4.69) is 10.6 Å². The molecule has 0 aliphatic rings. The molecule has 0 radical (unpaired) electrons. The van der Waals surface area contributed by atoms with Crippen LogP contribution in [-0.2, 0) is 4.79 Å². The van der Waals surface area contributed by atoms with Crippen LogP contribution in [0.15, 0.2) is 18.2 Å². The Labute approximate surface area is 119 Å². The van der Waals surface area contributed by atoms with Crippen LogP contribution in [0.2, 0.25) is 10.0 Å². The van der Waals surface area contributed by atoms with Gasteiger partial charge in [-0.05, 0) is 18.2 Å². The van der Waals surface area contributed by atoms with E-state index >= 15 is 0 Å². The van der Waals surface area contributed by atoms with E-state index < -0.39 is 18.0 Å². The second kappa shape index (κ2) is 7.18. The highest BCUT2D eigenvalue weighted by Gasteiger charge is 2.19. The lowest BCUT2D eigenvalue weighted by Crippen LogP contribution is -2.43. The molecule has 1 atom stereocenters. The molecule has 1 rings (SSSR count). The summed E-state index contributed by atoms with van der Waals surface area (Å²) in [5, 5.41) is 22.8. The number of aliphatic hydroxyl groups excluding tert-OH is 1. The third-order valence-electron chi connectivity index (χ3n) is 2.14. The molecule has 0 saturated heterocycles. The number of halogens is 2. The van der Waals surface area contributed by atoms with Gasteiger partial charge < -0.3 is 20.8 Å². The van der Waals surface area contributed by atoms with Gasteiger partial charge in [-0.1, -0.05) is 23.2 Å². The Kier molecular flexibility index (Phi) is 5.88. The van der Waals surface area contributed by atoms with Crippen LogP contribution in [0.1, 0.15) is 6.42 Å². The average molecular weight is 307 g/mol. The first kappa shape index (κ1) is 15.6. The first-order valence-corrected chi connectivity index (χ1v) is 6.05. The van der Waals surface area contributed by atoms with E-state index in [9.17, 15) is 9.59 Å². The zero-order chi connectivity index (χ0) is 14.4. The molecule has 1 aromatic carbocycles. The molecule has 1 unspecified atom stereocenters. The van der Waals surface area contributed by atoms with Gasteiger partial charge in [-0.3, -0.25) is 0 Å². The average Bonchev–Trinajstić information content (AvgIpc) is 2.26. The largest absolute Gasteiger partial charge is 0.480 e. The maximum Gasteiger partial charge on any atom is 0.326 e. The number of carbonyl (C=O) groups excluding carboxylic acids is 1. The van der Waals surface area contributed by atoms with Crippen molar-refractivity contribution < 1.29 is 19.8 Å². The summed E-state index contributed by atoms with van der Waals surface area (Å²) in [5.74, 6) is -1.23. The fourth-order valence-corrected chi connectivity index (χ4v) is 1.86. The van der Waals surface area contributed by atoms with Gasteiger partial charge in [-0.2, -0.15) is 0 Å². The number of aliphatic hydroxyl groups is 1. The predicted octanol–water partition coefficient (Wildman–Crippen LogP) is 1.95. The number of carbonyl (C=O) groups is 2. The zero-order valence-corrected chi connectivity index (χ0v) is 11.2. The first-order valence-electron chi connectivity index (χ1n) is 5.29. The van der Waals surface area contributed by atoms with Gasteiger partial charge in [0.15, 0.2) is 0 Å². The van der Waals surface area contributed by atoms with E-state index in [0.717, 1.165) is 0 Å². The fraction of sp³-hybridized carbons (Fsp3) is 0.273. The SMILES string of the molecule is O=C(Nc1cc(Cl)cc(Cl)c1)NC(CCO)C(=O)O. The number of amides is 2. The second-order valence-corrected chi connectivity index (χ2v) is 4.53. The summed E-state index contributed by atoms with van der Waals surface area (Å²) in [5.41, 5.74) is 0.336. The molecule has 0 aromatic heterocycles. The molecule has 6 nitrogen and oxygen atoms in total. The highest BCUT2D eigenvalue weighted by molar-refractivity contribution is 6.35. The van der Waals surface area contributed by atoms with Gasteiger partial charge in [0.1, 0.15) is 6.04 Å². The summed E-state index contributed by atoms with van der Waals surface area (Å²) < 4.78 is 0. The monoisotopic (exact) mass is 306 g/mol. The van der Waals surface area contributed by atoms with Crippen LogP contribution < -0.4 is 10.6 Å².